The van der Waals surface area contributed by atoms with E-state index in [1.165, 1.54) is 13.2 Å². The smallest absolute Gasteiger partial charge is 0.337 e. The highest BCUT2D eigenvalue weighted by atomic mass is 16.5. The van der Waals surface area contributed by atoms with Gasteiger partial charge in [-0.05, 0) is 31.5 Å². The molecule has 0 atom stereocenters. The molecule has 0 spiro atoms. The van der Waals surface area contributed by atoms with Gasteiger partial charge in [-0.15, -0.1) is 0 Å². The van der Waals surface area contributed by atoms with Crippen molar-refractivity contribution in [1.82, 2.24) is 9.78 Å². The average molecular weight is 312 g/mol. The standard InChI is InChI=1S/C17H16N2O4/c1-10-4-6-13(7-5-10)19-17-16(11(2)18-19)12(8-14(20)22-3)9-15(21)23-17/h4-7,9H,8H2,1-3H3. The van der Waals surface area contributed by atoms with Crippen molar-refractivity contribution in [3.05, 3.63) is 57.6 Å². The predicted molar refractivity (Wildman–Crippen MR) is 84.8 cm³/mol. The zero-order chi connectivity index (χ0) is 16.6. The molecule has 0 N–H and O–H groups in total. The van der Waals surface area contributed by atoms with Crippen molar-refractivity contribution in [3.8, 4) is 5.69 Å². The van der Waals surface area contributed by atoms with Gasteiger partial charge in [0.25, 0.3) is 0 Å². The van der Waals surface area contributed by atoms with Crippen LogP contribution in [-0.4, -0.2) is 22.9 Å². The van der Waals surface area contributed by atoms with Crippen LogP contribution in [0.15, 0.2) is 39.5 Å². The summed E-state index contributed by atoms with van der Waals surface area (Å²) in [6.07, 6.45) is -0.000961. The lowest BCUT2D eigenvalue weighted by atomic mass is 10.1. The number of fused-ring (bicyclic) bond motifs is 1. The van der Waals surface area contributed by atoms with Crippen molar-refractivity contribution >= 4 is 17.1 Å². The summed E-state index contributed by atoms with van der Waals surface area (Å²) in [5, 5.41) is 5.12. The molecule has 0 saturated heterocycles. The molecule has 0 bridgehead atoms. The first-order valence-electron chi connectivity index (χ1n) is 7.16. The zero-order valence-corrected chi connectivity index (χ0v) is 13.1. The number of esters is 1. The van der Waals surface area contributed by atoms with E-state index < -0.39 is 11.6 Å². The van der Waals surface area contributed by atoms with Crippen LogP contribution in [0, 0.1) is 13.8 Å². The van der Waals surface area contributed by atoms with E-state index in [2.05, 4.69) is 9.84 Å². The van der Waals surface area contributed by atoms with Gasteiger partial charge in [0, 0.05) is 6.07 Å². The van der Waals surface area contributed by atoms with Crippen LogP contribution in [0.1, 0.15) is 16.8 Å². The number of aryl methyl sites for hydroxylation is 2. The van der Waals surface area contributed by atoms with Crippen LogP contribution in [0.3, 0.4) is 0 Å². The van der Waals surface area contributed by atoms with Gasteiger partial charge in [0.15, 0.2) is 0 Å². The number of hydrogen-bond acceptors (Lipinski definition) is 5. The summed E-state index contributed by atoms with van der Waals surface area (Å²) in [4.78, 5) is 23.4. The second kappa shape index (κ2) is 5.72. The summed E-state index contributed by atoms with van der Waals surface area (Å²) in [6, 6.07) is 9.01. The first-order valence-corrected chi connectivity index (χ1v) is 7.16. The minimum atomic E-state index is -0.523. The van der Waals surface area contributed by atoms with Crippen LogP contribution in [0.2, 0.25) is 0 Å². The van der Waals surface area contributed by atoms with E-state index in [9.17, 15) is 9.59 Å². The number of benzene rings is 1. The third kappa shape index (κ3) is 2.75. The van der Waals surface area contributed by atoms with E-state index in [1.807, 2.05) is 38.1 Å². The Labute approximate surface area is 132 Å². The Morgan fingerprint density at radius 3 is 2.61 bits per heavy atom. The molecule has 6 nitrogen and oxygen atoms in total. The Morgan fingerprint density at radius 2 is 1.96 bits per heavy atom. The van der Waals surface area contributed by atoms with Gasteiger partial charge in [-0.25, -0.2) is 4.79 Å². The highest BCUT2D eigenvalue weighted by Gasteiger charge is 2.18. The molecule has 0 fully saturated rings. The maximum Gasteiger partial charge on any atom is 0.337 e. The fourth-order valence-corrected chi connectivity index (χ4v) is 2.54. The number of carbonyl (C=O) groups is 1. The van der Waals surface area contributed by atoms with E-state index in [0.717, 1.165) is 11.3 Å². The van der Waals surface area contributed by atoms with Gasteiger partial charge in [-0.3, -0.25) is 4.79 Å². The fraction of sp³-hybridized carbons (Fsp3) is 0.235. The van der Waals surface area contributed by atoms with Crippen LogP contribution < -0.4 is 5.63 Å². The number of rotatable bonds is 3. The summed E-state index contributed by atoms with van der Waals surface area (Å²) < 4.78 is 11.6. The van der Waals surface area contributed by atoms with E-state index in [-0.39, 0.29) is 6.42 Å². The second-order valence-corrected chi connectivity index (χ2v) is 5.36. The molecule has 0 unspecified atom stereocenters. The molecule has 0 saturated carbocycles. The molecule has 3 aromatic rings. The molecule has 23 heavy (non-hydrogen) atoms. The molecule has 0 radical (unpaired) electrons. The minimum absolute atomic E-state index is 0.000961. The lowest BCUT2D eigenvalue weighted by Crippen LogP contribution is -2.09. The lowest BCUT2D eigenvalue weighted by molar-refractivity contribution is -0.139. The monoisotopic (exact) mass is 312 g/mol. The Hall–Kier alpha value is -2.89. The largest absolute Gasteiger partial charge is 0.469 e. The average Bonchev–Trinajstić information content (AvgIpc) is 2.84. The van der Waals surface area contributed by atoms with Gasteiger partial charge in [0.05, 0.1) is 30.3 Å². The van der Waals surface area contributed by atoms with Gasteiger partial charge in [0.2, 0.25) is 5.71 Å². The molecule has 0 aliphatic heterocycles. The molecule has 1 aromatic carbocycles. The summed E-state index contributed by atoms with van der Waals surface area (Å²) >= 11 is 0. The van der Waals surface area contributed by atoms with Crippen molar-refractivity contribution in [2.75, 3.05) is 7.11 Å². The highest BCUT2D eigenvalue weighted by molar-refractivity contribution is 5.86. The molecule has 2 heterocycles. The van der Waals surface area contributed by atoms with Crippen molar-refractivity contribution in [3.63, 3.8) is 0 Å². The Bertz CT molecular complexity index is 936. The molecule has 2 aromatic heterocycles. The van der Waals surface area contributed by atoms with Gasteiger partial charge in [-0.2, -0.15) is 9.78 Å². The quantitative estimate of drug-likeness (QED) is 0.694. The van der Waals surface area contributed by atoms with Gasteiger partial charge < -0.3 is 9.15 Å². The van der Waals surface area contributed by atoms with E-state index in [4.69, 9.17) is 4.42 Å². The number of aromatic nitrogens is 2. The van der Waals surface area contributed by atoms with E-state index in [0.29, 0.717) is 22.4 Å². The maximum absolute atomic E-state index is 11.9. The van der Waals surface area contributed by atoms with Gasteiger partial charge >= 0.3 is 11.6 Å². The Balaban J connectivity index is 2.24. The van der Waals surface area contributed by atoms with Crippen LogP contribution in [-0.2, 0) is 16.0 Å². The molecule has 3 rings (SSSR count). The number of hydrogen-bond donors (Lipinski definition) is 0. The fourth-order valence-electron chi connectivity index (χ4n) is 2.54. The minimum Gasteiger partial charge on any atom is -0.469 e. The van der Waals surface area contributed by atoms with Crippen molar-refractivity contribution in [2.45, 2.75) is 20.3 Å². The first kappa shape index (κ1) is 15.0. The molecule has 0 aliphatic rings. The predicted octanol–water partition coefficient (Wildman–Crippen LogP) is 2.31. The molecule has 6 heteroatoms. The number of ether oxygens (including phenoxy) is 1. The zero-order valence-electron chi connectivity index (χ0n) is 13.1. The highest BCUT2D eigenvalue weighted by Crippen LogP contribution is 2.24. The molecular weight excluding hydrogens is 296 g/mol. The van der Waals surface area contributed by atoms with E-state index >= 15 is 0 Å². The summed E-state index contributed by atoms with van der Waals surface area (Å²) in [5.41, 5.74) is 2.95. The molecule has 0 aliphatic carbocycles. The molecule has 0 amide bonds. The third-order valence-corrected chi connectivity index (χ3v) is 3.67. The maximum atomic E-state index is 11.9. The van der Waals surface area contributed by atoms with Crippen molar-refractivity contribution in [2.24, 2.45) is 0 Å². The normalized spacial score (nSPS) is 10.9. The molecular formula is C17H16N2O4. The number of nitrogens with zero attached hydrogens (tertiary/aromatic N) is 2. The van der Waals surface area contributed by atoms with Crippen LogP contribution in [0.4, 0.5) is 0 Å². The van der Waals surface area contributed by atoms with Crippen LogP contribution >= 0.6 is 0 Å². The van der Waals surface area contributed by atoms with Crippen molar-refractivity contribution in [1.29, 1.82) is 0 Å². The SMILES string of the molecule is COC(=O)Cc1cc(=O)oc2c1c(C)nn2-c1ccc(C)cc1. The summed E-state index contributed by atoms with van der Waals surface area (Å²) in [5.74, 6) is -0.417. The second-order valence-electron chi connectivity index (χ2n) is 5.36. The van der Waals surface area contributed by atoms with E-state index in [1.54, 1.807) is 4.68 Å². The van der Waals surface area contributed by atoms with Crippen LogP contribution in [0.5, 0.6) is 0 Å². The number of carbonyl (C=O) groups excluding carboxylic acids is 1. The lowest BCUT2D eigenvalue weighted by Gasteiger charge is -2.04. The van der Waals surface area contributed by atoms with Gasteiger partial charge in [0.1, 0.15) is 0 Å². The van der Waals surface area contributed by atoms with Crippen molar-refractivity contribution < 1.29 is 13.9 Å². The Kier molecular flexibility index (Phi) is 3.73. The third-order valence-electron chi connectivity index (χ3n) is 3.67. The molecule has 118 valence electrons. The van der Waals surface area contributed by atoms with Crippen LogP contribution in [0.25, 0.3) is 16.8 Å². The van der Waals surface area contributed by atoms with Gasteiger partial charge in [-0.1, -0.05) is 17.7 Å². The summed E-state index contributed by atoms with van der Waals surface area (Å²) in [7, 11) is 1.31. The Morgan fingerprint density at radius 1 is 1.26 bits per heavy atom. The summed E-state index contributed by atoms with van der Waals surface area (Å²) in [6.45, 7) is 3.80. The number of methoxy groups -OCH3 is 1. The topological polar surface area (TPSA) is 74.3 Å². The first-order chi connectivity index (χ1) is 11.0.